The average Bonchev–Trinajstić information content (AvgIpc) is 1.83. The van der Waals surface area contributed by atoms with Crippen LogP contribution >= 0.6 is 0 Å². The van der Waals surface area contributed by atoms with Crippen molar-refractivity contribution in [3.63, 3.8) is 0 Å². The van der Waals surface area contributed by atoms with Crippen molar-refractivity contribution in [1.82, 2.24) is 10.9 Å². The first-order valence-corrected chi connectivity index (χ1v) is 2.91. The van der Waals surface area contributed by atoms with Gasteiger partial charge in [-0.15, -0.1) is 0 Å². The Morgan fingerprint density at radius 2 is 2.11 bits per heavy atom. The number of hydrazine groups is 1. The third-order valence-corrected chi connectivity index (χ3v) is 1.54. The molecule has 0 saturated heterocycles. The van der Waals surface area contributed by atoms with Gasteiger partial charge in [0.2, 0.25) is 0 Å². The van der Waals surface area contributed by atoms with Gasteiger partial charge in [-0.2, -0.15) is 0 Å². The van der Waals surface area contributed by atoms with E-state index in [0.717, 1.165) is 17.7 Å². The molecule has 0 aromatic heterocycles. The summed E-state index contributed by atoms with van der Waals surface area (Å²) in [4.78, 5) is 10.8. The zero-order valence-electron chi connectivity index (χ0n) is 5.62. The van der Waals surface area contributed by atoms with Crippen LogP contribution < -0.4 is 10.9 Å². The number of carbonyl (C=O) groups excluding carboxylic acids is 1. The van der Waals surface area contributed by atoms with E-state index in [1.807, 2.05) is 13.8 Å². The first-order valence-electron chi connectivity index (χ1n) is 2.91. The molecule has 0 spiro atoms. The minimum absolute atomic E-state index is 0.0150. The van der Waals surface area contributed by atoms with Gasteiger partial charge in [0.25, 0.3) is 5.91 Å². The van der Waals surface area contributed by atoms with E-state index in [9.17, 15) is 4.79 Å². The highest BCUT2D eigenvalue weighted by Gasteiger charge is 2.10. The molecule has 1 heterocycles. The second-order valence-corrected chi connectivity index (χ2v) is 2.21. The van der Waals surface area contributed by atoms with Gasteiger partial charge in [0.1, 0.15) is 0 Å². The average molecular weight is 126 g/mol. The molecule has 0 saturated carbocycles. The number of nitrogens with one attached hydrogen (secondary N) is 2. The van der Waals surface area contributed by atoms with E-state index in [1.54, 1.807) is 0 Å². The fraction of sp³-hybridized carbons (Fsp3) is 0.500. The first kappa shape index (κ1) is 6.29. The molecule has 0 unspecified atom stereocenters. The van der Waals surface area contributed by atoms with Gasteiger partial charge in [0, 0.05) is 12.1 Å². The standard InChI is InChI=1S/C6H10N2O/c1-4-3-7-8-6(9)5(4)2/h7H,3H2,1-2H3,(H,8,9). The van der Waals surface area contributed by atoms with E-state index in [0.29, 0.717) is 0 Å². The molecule has 0 radical (unpaired) electrons. The molecule has 0 aliphatic carbocycles. The summed E-state index contributed by atoms with van der Waals surface area (Å²) in [5.41, 5.74) is 7.21. The van der Waals surface area contributed by atoms with Crippen molar-refractivity contribution >= 4 is 5.91 Å². The normalized spacial score (nSPS) is 20.0. The highest BCUT2D eigenvalue weighted by Crippen LogP contribution is 2.03. The van der Waals surface area contributed by atoms with Crippen LogP contribution in [0.25, 0.3) is 0 Å². The Kier molecular flexibility index (Phi) is 1.53. The Morgan fingerprint density at radius 3 is 2.56 bits per heavy atom. The van der Waals surface area contributed by atoms with Crippen molar-refractivity contribution in [3.8, 4) is 0 Å². The predicted octanol–water partition coefficient (Wildman–Crippen LogP) is -0.0428. The van der Waals surface area contributed by atoms with Crippen LogP contribution in [0.1, 0.15) is 13.8 Å². The zero-order chi connectivity index (χ0) is 6.85. The Bertz CT molecular complexity index is 172. The molecule has 1 aliphatic rings. The van der Waals surface area contributed by atoms with E-state index >= 15 is 0 Å². The van der Waals surface area contributed by atoms with Crippen molar-refractivity contribution < 1.29 is 4.79 Å². The molecule has 3 nitrogen and oxygen atoms in total. The maximum atomic E-state index is 10.8. The Balaban J connectivity index is 2.84. The highest BCUT2D eigenvalue weighted by atomic mass is 16.2. The summed E-state index contributed by atoms with van der Waals surface area (Å²) in [5, 5.41) is 0. The Morgan fingerprint density at radius 1 is 1.44 bits per heavy atom. The summed E-state index contributed by atoms with van der Waals surface area (Å²) < 4.78 is 0. The minimum atomic E-state index is -0.0150. The van der Waals surface area contributed by atoms with Gasteiger partial charge in [0.15, 0.2) is 0 Å². The second-order valence-electron chi connectivity index (χ2n) is 2.21. The number of rotatable bonds is 0. The SMILES string of the molecule is CC1=C(C)C(=O)NNC1. The van der Waals surface area contributed by atoms with Crippen molar-refractivity contribution in [2.75, 3.05) is 6.54 Å². The van der Waals surface area contributed by atoms with Crippen LogP contribution in [0.3, 0.4) is 0 Å². The lowest BCUT2D eigenvalue weighted by Crippen LogP contribution is -2.43. The molecule has 1 amide bonds. The van der Waals surface area contributed by atoms with Crippen molar-refractivity contribution in [2.45, 2.75) is 13.8 Å². The molecule has 50 valence electrons. The molecule has 0 aromatic rings. The summed E-state index contributed by atoms with van der Waals surface area (Å²) in [6.45, 7) is 4.53. The van der Waals surface area contributed by atoms with E-state index in [1.165, 1.54) is 0 Å². The van der Waals surface area contributed by atoms with Crippen LogP contribution in [0.4, 0.5) is 0 Å². The van der Waals surface area contributed by atoms with Gasteiger partial charge in [0.05, 0.1) is 0 Å². The van der Waals surface area contributed by atoms with Gasteiger partial charge in [-0.05, 0) is 19.4 Å². The van der Waals surface area contributed by atoms with Crippen LogP contribution in [0.2, 0.25) is 0 Å². The molecule has 0 fully saturated rings. The van der Waals surface area contributed by atoms with Crippen LogP contribution in [0.15, 0.2) is 11.1 Å². The van der Waals surface area contributed by atoms with Crippen molar-refractivity contribution in [1.29, 1.82) is 0 Å². The lowest BCUT2D eigenvalue weighted by Gasteiger charge is -2.15. The fourth-order valence-corrected chi connectivity index (χ4v) is 0.677. The summed E-state index contributed by atoms with van der Waals surface area (Å²) in [6.07, 6.45) is 0. The van der Waals surface area contributed by atoms with E-state index in [4.69, 9.17) is 0 Å². The maximum absolute atomic E-state index is 10.8. The van der Waals surface area contributed by atoms with E-state index in [2.05, 4.69) is 10.9 Å². The van der Waals surface area contributed by atoms with Gasteiger partial charge < -0.3 is 0 Å². The molecule has 0 atom stereocenters. The highest BCUT2D eigenvalue weighted by molar-refractivity contribution is 5.93. The maximum Gasteiger partial charge on any atom is 0.261 e. The molecular weight excluding hydrogens is 116 g/mol. The van der Waals surface area contributed by atoms with Crippen LogP contribution in [-0.4, -0.2) is 12.5 Å². The molecule has 9 heavy (non-hydrogen) atoms. The molecule has 0 aromatic carbocycles. The quantitative estimate of drug-likeness (QED) is 0.478. The molecule has 1 aliphatic heterocycles. The zero-order valence-corrected chi connectivity index (χ0v) is 5.62. The van der Waals surface area contributed by atoms with Gasteiger partial charge in [-0.25, -0.2) is 5.43 Å². The van der Waals surface area contributed by atoms with E-state index in [-0.39, 0.29) is 5.91 Å². The smallest absolute Gasteiger partial charge is 0.261 e. The molecule has 1 rings (SSSR count). The number of carbonyl (C=O) groups is 1. The van der Waals surface area contributed by atoms with Crippen molar-refractivity contribution in [3.05, 3.63) is 11.1 Å². The van der Waals surface area contributed by atoms with Gasteiger partial charge >= 0.3 is 0 Å². The summed E-state index contributed by atoms with van der Waals surface area (Å²) >= 11 is 0. The number of hydrogen-bond donors (Lipinski definition) is 2. The third kappa shape index (κ3) is 1.10. The largest absolute Gasteiger partial charge is 0.287 e. The monoisotopic (exact) mass is 126 g/mol. The first-order chi connectivity index (χ1) is 4.22. The Labute approximate surface area is 54.1 Å². The van der Waals surface area contributed by atoms with Crippen LogP contribution in [-0.2, 0) is 4.79 Å². The van der Waals surface area contributed by atoms with Crippen LogP contribution in [0.5, 0.6) is 0 Å². The third-order valence-electron chi connectivity index (χ3n) is 1.54. The molecule has 0 bridgehead atoms. The lowest BCUT2D eigenvalue weighted by molar-refractivity contribution is -0.118. The van der Waals surface area contributed by atoms with Crippen LogP contribution in [0, 0.1) is 0 Å². The number of hydrogen-bond acceptors (Lipinski definition) is 2. The minimum Gasteiger partial charge on any atom is -0.287 e. The molecular formula is C6H10N2O. The predicted molar refractivity (Wildman–Crippen MR) is 34.5 cm³/mol. The van der Waals surface area contributed by atoms with E-state index < -0.39 is 0 Å². The molecule has 3 heteroatoms. The van der Waals surface area contributed by atoms with Gasteiger partial charge in [-0.1, -0.05) is 0 Å². The summed E-state index contributed by atoms with van der Waals surface area (Å²) in [6, 6.07) is 0. The fourth-order valence-electron chi connectivity index (χ4n) is 0.677. The molecule has 2 N–H and O–H groups in total. The Hall–Kier alpha value is -0.830. The summed E-state index contributed by atoms with van der Waals surface area (Å²) in [7, 11) is 0. The topological polar surface area (TPSA) is 41.1 Å². The van der Waals surface area contributed by atoms with Crippen molar-refractivity contribution in [2.24, 2.45) is 0 Å². The number of amides is 1. The van der Waals surface area contributed by atoms with Gasteiger partial charge in [-0.3, -0.25) is 10.2 Å². The summed E-state index contributed by atoms with van der Waals surface area (Å²) in [5.74, 6) is -0.0150. The second kappa shape index (κ2) is 2.19. The lowest BCUT2D eigenvalue weighted by atomic mass is 10.1.